The van der Waals surface area contributed by atoms with E-state index >= 15 is 8.78 Å². The highest BCUT2D eigenvalue weighted by Crippen LogP contribution is 2.45. The second-order valence-electron chi connectivity index (χ2n) is 12.0. The van der Waals surface area contributed by atoms with Gasteiger partial charge in [0.05, 0.1) is 24.6 Å². The highest BCUT2D eigenvalue weighted by Gasteiger charge is 2.42. The Bertz CT molecular complexity index is 2000. The Morgan fingerprint density at radius 2 is 1.75 bits per heavy atom. The molecular weight excluding hydrogens is 635 g/mol. The normalized spacial score (nSPS) is 17.6. The van der Waals surface area contributed by atoms with Gasteiger partial charge >= 0.3 is 12.1 Å². The van der Waals surface area contributed by atoms with Gasteiger partial charge < -0.3 is 14.8 Å². The van der Waals surface area contributed by atoms with Gasteiger partial charge in [0.25, 0.3) is 5.56 Å². The number of halogens is 5. The van der Waals surface area contributed by atoms with Gasteiger partial charge in [-0.3, -0.25) is 19.0 Å². The van der Waals surface area contributed by atoms with E-state index < -0.39 is 70.8 Å². The lowest BCUT2D eigenvalue weighted by Crippen LogP contribution is -2.41. The van der Waals surface area contributed by atoms with Crippen LogP contribution in [0.2, 0.25) is 0 Å². The molecule has 0 unspecified atom stereocenters. The number of aromatic nitrogens is 1. The molecule has 1 aromatic heterocycles. The first-order chi connectivity index (χ1) is 22.8. The molecule has 3 aromatic carbocycles. The average Bonchev–Trinajstić information content (AvgIpc) is 3.85. The first kappa shape index (κ1) is 32.9. The SMILES string of the molecule is CCOC(=O)C[C@@H]1NC(=O)[C@@H](n2ccc(C(F)(F)F)c(C3CC3)c2=O)c2cc(ccc2F)Oc2cccc(C)c2-c2cc(C)c(F)c1c2. The highest BCUT2D eigenvalue weighted by atomic mass is 19.4. The van der Waals surface area contributed by atoms with Crippen molar-refractivity contribution in [3.8, 4) is 22.6 Å². The molecule has 1 aliphatic carbocycles. The number of hydrogen-bond donors (Lipinski definition) is 1. The van der Waals surface area contributed by atoms with Gasteiger partial charge in [-0.15, -0.1) is 0 Å². The quantitative estimate of drug-likeness (QED) is 0.174. The Morgan fingerprint density at radius 3 is 2.44 bits per heavy atom. The summed E-state index contributed by atoms with van der Waals surface area (Å²) in [6, 6.07) is 9.24. The minimum Gasteiger partial charge on any atom is -0.466 e. The van der Waals surface area contributed by atoms with E-state index in [0.29, 0.717) is 35.8 Å². The van der Waals surface area contributed by atoms with E-state index in [2.05, 4.69) is 5.32 Å². The summed E-state index contributed by atoms with van der Waals surface area (Å²) in [6.45, 7) is 4.91. The third-order valence-corrected chi connectivity index (χ3v) is 8.64. The lowest BCUT2D eigenvalue weighted by atomic mass is 9.92. The molecular formula is C36H31F5N2O5. The minimum absolute atomic E-state index is 0.00349. The van der Waals surface area contributed by atoms with Crippen LogP contribution in [0.15, 0.2) is 65.6 Å². The van der Waals surface area contributed by atoms with Gasteiger partial charge in [0.15, 0.2) is 0 Å². The maximum Gasteiger partial charge on any atom is 0.416 e. The van der Waals surface area contributed by atoms with Gasteiger partial charge in [-0.25, -0.2) is 8.78 Å². The van der Waals surface area contributed by atoms with Crippen LogP contribution in [0.4, 0.5) is 22.0 Å². The molecule has 2 heterocycles. The molecule has 2 aliphatic rings. The number of aryl methyl sites for hydroxylation is 2. The van der Waals surface area contributed by atoms with Crippen LogP contribution in [-0.4, -0.2) is 23.1 Å². The third kappa shape index (κ3) is 6.18. The molecule has 0 radical (unpaired) electrons. The van der Waals surface area contributed by atoms with Crippen molar-refractivity contribution in [2.75, 3.05) is 6.61 Å². The van der Waals surface area contributed by atoms with Crippen LogP contribution in [0.1, 0.15) is 77.6 Å². The summed E-state index contributed by atoms with van der Waals surface area (Å²) in [6.07, 6.45) is -3.91. The number of nitrogens with one attached hydrogen (secondary N) is 1. The summed E-state index contributed by atoms with van der Waals surface area (Å²) in [5, 5.41) is 2.61. The molecule has 0 spiro atoms. The van der Waals surface area contributed by atoms with Crippen molar-refractivity contribution >= 4 is 11.9 Å². The standard InChI is InChI=1S/C36H31F5N2O5/c1-4-47-29(44)17-27-24-15-21(14-19(3)32(24)38)30-18(2)6-5-7-28(30)48-22-10-11-26(37)23(16-22)33(34(45)42-27)43-13-12-25(36(39,40)41)31(35(43)46)20-8-9-20/h5-7,10-16,20,27,33H,4,8-9,17H2,1-3H3,(H,42,45)/t27-,33-/m0/s1. The molecule has 250 valence electrons. The van der Waals surface area contributed by atoms with Crippen molar-refractivity contribution in [1.29, 1.82) is 0 Å². The molecule has 1 amide bonds. The summed E-state index contributed by atoms with van der Waals surface area (Å²) in [7, 11) is 0. The smallest absolute Gasteiger partial charge is 0.416 e. The molecule has 0 saturated heterocycles. The number of ether oxygens (including phenoxy) is 2. The predicted octanol–water partition coefficient (Wildman–Crippen LogP) is 7.81. The fourth-order valence-corrected chi connectivity index (χ4v) is 6.29. The summed E-state index contributed by atoms with van der Waals surface area (Å²) in [5.74, 6) is -3.84. The number of hydrogen-bond acceptors (Lipinski definition) is 5. The summed E-state index contributed by atoms with van der Waals surface area (Å²) >= 11 is 0. The first-order valence-electron chi connectivity index (χ1n) is 15.4. The van der Waals surface area contributed by atoms with Crippen molar-refractivity contribution in [3.63, 3.8) is 0 Å². The van der Waals surface area contributed by atoms with Gasteiger partial charge in [-0.05, 0) is 98.7 Å². The molecule has 1 N–H and O–H groups in total. The van der Waals surface area contributed by atoms with Crippen LogP contribution in [0.25, 0.3) is 11.1 Å². The number of amides is 1. The zero-order valence-corrected chi connectivity index (χ0v) is 26.2. The second-order valence-corrected chi connectivity index (χ2v) is 12.0. The minimum atomic E-state index is -4.85. The maximum absolute atomic E-state index is 16.0. The number of fused-ring (bicyclic) bond motifs is 6. The molecule has 1 aliphatic heterocycles. The average molecular weight is 667 g/mol. The van der Waals surface area contributed by atoms with Gasteiger partial charge in [-0.2, -0.15) is 13.2 Å². The van der Waals surface area contributed by atoms with Crippen LogP contribution in [0.3, 0.4) is 0 Å². The van der Waals surface area contributed by atoms with E-state index in [1.807, 2.05) is 13.0 Å². The molecule has 1 fully saturated rings. The fourth-order valence-electron chi connectivity index (χ4n) is 6.29. The number of carbonyl (C=O) groups is 2. The number of nitrogens with zero attached hydrogens (tertiary/aromatic N) is 1. The van der Waals surface area contributed by atoms with Gasteiger partial charge in [-0.1, -0.05) is 12.1 Å². The van der Waals surface area contributed by atoms with Crippen LogP contribution in [0.5, 0.6) is 11.5 Å². The Labute approximate surface area is 272 Å². The van der Waals surface area contributed by atoms with Crippen molar-refractivity contribution < 1.29 is 41.0 Å². The maximum atomic E-state index is 16.0. The number of benzene rings is 3. The van der Waals surface area contributed by atoms with Crippen molar-refractivity contribution in [1.82, 2.24) is 9.88 Å². The molecule has 4 bridgehead atoms. The largest absolute Gasteiger partial charge is 0.466 e. The van der Waals surface area contributed by atoms with Crippen molar-refractivity contribution in [2.24, 2.45) is 0 Å². The molecule has 6 rings (SSSR count). The number of carbonyl (C=O) groups excluding carboxylic acids is 2. The third-order valence-electron chi connectivity index (χ3n) is 8.64. The Balaban J connectivity index is 1.63. The van der Waals surface area contributed by atoms with E-state index in [1.165, 1.54) is 25.1 Å². The van der Waals surface area contributed by atoms with Gasteiger partial charge in [0.1, 0.15) is 29.2 Å². The summed E-state index contributed by atoms with van der Waals surface area (Å²) in [4.78, 5) is 41.0. The summed E-state index contributed by atoms with van der Waals surface area (Å²) < 4.78 is 85.9. The van der Waals surface area contributed by atoms with Crippen molar-refractivity contribution in [3.05, 3.63) is 116 Å². The van der Waals surface area contributed by atoms with E-state index in [4.69, 9.17) is 9.47 Å². The molecule has 12 heteroatoms. The van der Waals surface area contributed by atoms with Crippen LogP contribution in [0, 0.1) is 25.5 Å². The lowest BCUT2D eigenvalue weighted by Gasteiger charge is -2.26. The zero-order chi connectivity index (χ0) is 34.5. The van der Waals surface area contributed by atoms with Crippen LogP contribution < -0.4 is 15.6 Å². The highest BCUT2D eigenvalue weighted by molar-refractivity contribution is 5.85. The fraction of sp³-hybridized carbons (Fsp3) is 0.306. The second kappa shape index (κ2) is 12.6. The first-order valence-corrected chi connectivity index (χ1v) is 15.4. The molecule has 4 aromatic rings. The number of esters is 1. The van der Waals surface area contributed by atoms with E-state index in [9.17, 15) is 27.6 Å². The summed E-state index contributed by atoms with van der Waals surface area (Å²) in [5.41, 5.74) is -1.24. The molecule has 7 nitrogen and oxygen atoms in total. The Hall–Kier alpha value is -5.00. The Morgan fingerprint density at radius 1 is 1.00 bits per heavy atom. The Kier molecular flexibility index (Phi) is 8.61. The van der Waals surface area contributed by atoms with E-state index in [0.717, 1.165) is 22.4 Å². The number of pyridine rings is 1. The number of rotatable bonds is 5. The molecule has 48 heavy (non-hydrogen) atoms. The zero-order valence-electron chi connectivity index (χ0n) is 26.2. The van der Waals surface area contributed by atoms with Crippen molar-refractivity contribution in [2.45, 2.75) is 64.2 Å². The van der Waals surface area contributed by atoms with Gasteiger partial charge in [0.2, 0.25) is 5.91 Å². The topological polar surface area (TPSA) is 86.6 Å². The van der Waals surface area contributed by atoms with E-state index in [1.54, 1.807) is 25.1 Å². The van der Waals surface area contributed by atoms with E-state index in [-0.39, 0.29) is 29.0 Å². The molecule has 2 atom stereocenters. The monoisotopic (exact) mass is 666 g/mol. The van der Waals surface area contributed by atoms with Gasteiger partial charge in [0, 0.05) is 28.5 Å². The van der Waals surface area contributed by atoms with Crippen LogP contribution in [-0.2, 0) is 20.5 Å². The lowest BCUT2D eigenvalue weighted by molar-refractivity contribution is -0.144. The molecule has 1 saturated carbocycles. The van der Waals surface area contributed by atoms with Crippen LogP contribution >= 0.6 is 0 Å². The predicted molar refractivity (Wildman–Crippen MR) is 166 cm³/mol. The number of alkyl halides is 3.